The summed E-state index contributed by atoms with van der Waals surface area (Å²) < 4.78 is 2.60. The molecule has 1 heteroatoms. The molecule has 0 saturated carbocycles. The van der Waals surface area contributed by atoms with Gasteiger partial charge in [-0.05, 0) is 137 Å². The highest BCUT2D eigenvalue weighted by Gasteiger charge is 2.35. The van der Waals surface area contributed by atoms with Crippen LogP contribution in [0.25, 0.3) is 116 Å². The predicted molar refractivity (Wildman–Crippen MR) is 283 cm³/mol. The molecule has 1 aromatic heterocycles. The molecule has 0 fully saturated rings. The van der Waals surface area contributed by atoms with Gasteiger partial charge in [0.25, 0.3) is 0 Å². The van der Waals surface area contributed by atoms with Crippen molar-refractivity contribution in [3.63, 3.8) is 0 Å². The van der Waals surface area contributed by atoms with E-state index in [9.17, 15) is 0 Å². The van der Waals surface area contributed by atoms with E-state index in [1.807, 2.05) is 0 Å². The zero-order chi connectivity index (χ0) is 44.0. The average molecular weight is 852 g/mol. The summed E-state index contributed by atoms with van der Waals surface area (Å²) in [4.78, 5) is 0. The molecule has 0 N–H and O–H groups in total. The maximum Gasteiger partial charge on any atom is 0.0547 e. The topological polar surface area (TPSA) is 4.93 Å². The number of rotatable bonds is 6. The van der Waals surface area contributed by atoms with Gasteiger partial charge in [0.15, 0.2) is 0 Å². The highest BCUT2D eigenvalue weighted by molar-refractivity contribution is 6.28. The number of fused-ring (bicyclic) bond motifs is 9. The van der Waals surface area contributed by atoms with Gasteiger partial charge in [-0.3, -0.25) is 0 Å². The fourth-order valence-corrected chi connectivity index (χ4v) is 12.2. The zero-order valence-corrected chi connectivity index (χ0v) is 37.1. The Morgan fingerprint density at radius 1 is 0.358 bits per heavy atom. The van der Waals surface area contributed by atoms with Gasteiger partial charge >= 0.3 is 0 Å². The molecule has 67 heavy (non-hydrogen) atoms. The Balaban J connectivity index is 1.12. The molecule has 1 atom stereocenters. The number of hydrogen-bond acceptors (Lipinski definition) is 0. The molecule has 2 aliphatic carbocycles. The SMILES string of the molecule is c1ccc(-c2c(-c3ccccc3)c(-c3ccccc3)c3c(c2-c2ccccc2)-c2cccc4c(-n5c6cc(C7CCCc8ccccc87)ccc6c6c7ccccc7ccc65)ccc-3c24)cc1. The largest absolute Gasteiger partial charge is 0.309 e. The molecular formula is C66H45N. The molecule has 0 aliphatic heterocycles. The summed E-state index contributed by atoms with van der Waals surface area (Å²) in [5.41, 5.74) is 23.1. The van der Waals surface area contributed by atoms with Gasteiger partial charge in [0.05, 0.1) is 16.7 Å². The van der Waals surface area contributed by atoms with Crippen molar-refractivity contribution in [3.8, 4) is 72.4 Å². The van der Waals surface area contributed by atoms with Crippen molar-refractivity contribution in [2.45, 2.75) is 25.2 Å². The van der Waals surface area contributed by atoms with E-state index in [4.69, 9.17) is 0 Å². The van der Waals surface area contributed by atoms with E-state index in [1.54, 1.807) is 0 Å². The summed E-state index contributed by atoms with van der Waals surface area (Å²) in [6, 6.07) is 86.5. The van der Waals surface area contributed by atoms with Gasteiger partial charge in [0.2, 0.25) is 0 Å². The summed E-state index contributed by atoms with van der Waals surface area (Å²) >= 11 is 0. The van der Waals surface area contributed by atoms with Crippen molar-refractivity contribution >= 4 is 43.4 Å². The van der Waals surface area contributed by atoms with Gasteiger partial charge in [-0.15, -0.1) is 0 Å². The predicted octanol–water partition coefficient (Wildman–Crippen LogP) is 17.9. The molecule has 0 saturated heterocycles. The van der Waals surface area contributed by atoms with E-state index >= 15 is 0 Å². The van der Waals surface area contributed by atoms with Crippen LogP contribution in [0.1, 0.15) is 35.4 Å². The Bertz CT molecular complexity index is 3800. The minimum absolute atomic E-state index is 0.366. The lowest BCUT2D eigenvalue weighted by Gasteiger charge is -2.26. The lowest BCUT2D eigenvalue weighted by atomic mass is 9.76. The van der Waals surface area contributed by atoms with Gasteiger partial charge < -0.3 is 4.57 Å². The Morgan fingerprint density at radius 3 is 1.57 bits per heavy atom. The van der Waals surface area contributed by atoms with Crippen LogP contribution in [0.15, 0.2) is 231 Å². The van der Waals surface area contributed by atoms with Crippen LogP contribution in [0.4, 0.5) is 0 Å². The van der Waals surface area contributed by atoms with Crippen LogP contribution >= 0.6 is 0 Å². The van der Waals surface area contributed by atoms with Crippen LogP contribution in [0.2, 0.25) is 0 Å². The highest BCUT2D eigenvalue weighted by atomic mass is 15.0. The quantitative estimate of drug-likeness (QED) is 0.157. The van der Waals surface area contributed by atoms with Crippen LogP contribution in [-0.4, -0.2) is 4.57 Å². The summed E-state index contributed by atoms with van der Waals surface area (Å²) in [7, 11) is 0. The number of aryl methyl sites for hydroxylation is 1. The van der Waals surface area contributed by atoms with Crippen LogP contribution in [0.5, 0.6) is 0 Å². The summed E-state index contributed by atoms with van der Waals surface area (Å²) in [5, 5.41) is 7.73. The van der Waals surface area contributed by atoms with E-state index in [0.717, 1.165) is 12.8 Å². The molecule has 1 nitrogen and oxygen atoms in total. The molecule has 14 rings (SSSR count). The van der Waals surface area contributed by atoms with E-state index in [0.29, 0.717) is 5.92 Å². The third kappa shape index (κ3) is 5.74. The molecule has 12 aromatic rings. The van der Waals surface area contributed by atoms with Crippen molar-refractivity contribution in [2.75, 3.05) is 0 Å². The first-order valence-corrected chi connectivity index (χ1v) is 23.9. The summed E-state index contributed by atoms with van der Waals surface area (Å²) in [5.74, 6) is 0.366. The monoisotopic (exact) mass is 851 g/mol. The fraction of sp³-hybridized carbons (Fsp3) is 0.0606. The number of nitrogens with zero attached hydrogens (tertiary/aromatic N) is 1. The van der Waals surface area contributed by atoms with Crippen molar-refractivity contribution < 1.29 is 0 Å². The standard InChI is InChI=1S/C66H45N/c1-5-21-44(22-6-1)59-60(45-23-7-2-8-24-45)62(47-27-11-4-12-28-47)66-55-38-40-56(52-33-18-34-54(63(52)55)65(66)61(59)46-25-9-3-10-26-46)67-57-39-36-43-20-14-16-31-51(43)64(57)53-37-35-48(41-58(53)67)50-32-17-29-42-19-13-15-30-49(42)50/h1-16,18-28,30-31,33-41,50H,17,29,32H2. The van der Waals surface area contributed by atoms with Crippen LogP contribution in [0.3, 0.4) is 0 Å². The molecule has 1 unspecified atom stereocenters. The maximum absolute atomic E-state index is 2.60. The van der Waals surface area contributed by atoms with Crippen LogP contribution in [0, 0.1) is 0 Å². The van der Waals surface area contributed by atoms with Crippen LogP contribution < -0.4 is 0 Å². The van der Waals surface area contributed by atoms with E-state index < -0.39 is 0 Å². The first-order chi connectivity index (χ1) is 33.3. The summed E-state index contributed by atoms with van der Waals surface area (Å²) in [6.07, 6.45) is 3.52. The zero-order valence-electron chi connectivity index (χ0n) is 37.1. The normalized spacial score (nSPS) is 13.9. The third-order valence-electron chi connectivity index (χ3n) is 15.0. The van der Waals surface area contributed by atoms with Gasteiger partial charge in [-0.1, -0.05) is 212 Å². The fourth-order valence-electron chi connectivity index (χ4n) is 12.2. The molecule has 0 spiro atoms. The van der Waals surface area contributed by atoms with E-state index in [1.165, 1.54) is 139 Å². The Labute approximate surface area is 390 Å². The minimum atomic E-state index is 0.366. The minimum Gasteiger partial charge on any atom is -0.309 e. The molecule has 11 aromatic carbocycles. The average Bonchev–Trinajstić information content (AvgIpc) is 3.92. The third-order valence-corrected chi connectivity index (χ3v) is 15.0. The number of aromatic nitrogens is 1. The Morgan fingerprint density at radius 2 is 0.910 bits per heavy atom. The molecular weight excluding hydrogens is 807 g/mol. The second-order valence-corrected chi connectivity index (χ2v) is 18.5. The molecule has 2 aliphatic rings. The second-order valence-electron chi connectivity index (χ2n) is 18.5. The van der Waals surface area contributed by atoms with E-state index in [-0.39, 0.29) is 0 Å². The Kier molecular flexibility index (Phi) is 8.61. The van der Waals surface area contributed by atoms with Crippen molar-refractivity contribution in [2.24, 2.45) is 0 Å². The lowest BCUT2D eigenvalue weighted by molar-refractivity contribution is 0.616. The highest BCUT2D eigenvalue weighted by Crippen LogP contribution is 2.61. The molecule has 314 valence electrons. The molecule has 0 bridgehead atoms. The first-order valence-electron chi connectivity index (χ1n) is 23.9. The number of benzene rings is 11. The van der Waals surface area contributed by atoms with Crippen LogP contribution in [-0.2, 0) is 6.42 Å². The van der Waals surface area contributed by atoms with Gasteiger partial charge in [-0.25, -0.2) is 0 Å². The molecule has 0 radical (unpaired) electrons. The van der Waals surface area contributed by atoms with Gasteiger partial charge in [0.1, 0.15) is 0 Å². The number of hydrogen-bond donors (Lipinski definition) is 0. The van der Waals surface area contributed by atoms with Crippen molar-refractivity contribution in [1.29, 1.82) is 0 Å². The summed E-state index contributed by atoms with van der Waals surface area (Å²) in [6.45, 7) is 0. The van der Waals surface area contributed by atoms with E-state index in [2.05, 4.69) is 235 Å². The first kappa shape index (κ1) is 38.1. The van der Waals surface area contributed by atoms with Gasteiger partial charge in [0, 0.05) is 22.1 Å². The molecule has 1 heterocycles. The smallest absolute Gasteiger partial charge is 0.0547 e. The van der Waals surface area contributed by atoms with Crippen molar-refractivity contribution in [3.05, 3.63) is 247 Å². The molecule has 0 amide bonds. The maximum atomic E-state index is 2.60. The lowest BCUT2D eigenvalue weighted by Crippen LogP contribution is -2.11. The Hall–Kier alpha value is -8.26. The second kappa shape index (κ2) is 15.2. The van der Waals surface area contributed by atoms with Crippen molar-refractivity contribution in [1.82, 2.24) is 4.57 Å². The van der Waals surface area contributed by atoms with Gasteiger partial charge in [-0.2, -0.15) is 0 Å².